The van der Waals surface area contributed by atoms with E-state index in [1.807, 2.05) is 0 Å². The van der Waals surface area contributed by atoms with Crippen molar-refractivity contribution in [1.29, 1.82) is 0 Å². The molecule has 3 aromatic rings. The summed E-state index contributed by atoms with van der Waals surface area (Å²) in [4.78, 5) is 19.2. The van der Waals surface area contributed by atoms with E-state index in [4.69, 9.17) is 4.74 Å². The second-order valence-electron chi connectivity index (χ2n) is 7.67. The molecule has 0 radical (unpaired) electrons. The number of hydrogen-bond acceptors (Lipinski definition) is 13. The van der Waals surface area contributed by atoms with Gasteiger partial charge in [-0.15, -0.1) is 10.6 Å². The maximum absolute atomic E-state index is 12.2. The molecule has 204 valence electrons. The number of anilines is 2. The quantitative estimate of drug-likeness (QED) is 0.123. The van der Waals surface area contributed by atoms with Crippen molar-refractivity contribution in [3.8, 4) is 5.75 Å². The third-order valence-corrected chi connectivity index (χ3v) is 7.03. The first-order valence-corrected chi connectivity index (χ1v) is 13.2. The van der Waals surface area contributed by atoms with Gasteiger partial charge in [-0.05, 0) is 36.4 Å². The maximum atomic E-state index is 12.2. The van der Waals surface area contributed by atoms with Gasteiger partial charge in [0, 0.05) is 23.8 Å². The number of hydrazone groups is 1. The molecule has 0 spiro atoms. The zero-order valence-electron chi connectivity index (χ0n) is 20.4. The summed E-state index contributed by atoms with van der Waals surface area (Å²) in [5, 5.41) is 28.7. The molecule has 1 heterocycles. The van der Waals surface area contributed by atoms with Crippen LogP contribution in [0.3, 0.4) is 0 Å². The van der Waals surface area contributed by atoms with Crippen LogP contribution in [0.15, 0.2) is 75.6 Å². The predicted molar refractivity (Wildman–Crippen MR) is 133 cm³/mol. The normalized spacial score (nSPS) is 13.4. The van der Waals surface area contributed by atoms with Crippen LogP contribution in [0.1, 0.15) is 5.56 Å². The molecule has 0 aliphatic carbocycles. The summed E-state index contributed by atoms with van der Waals surface area (Å²) in [6, 6.07) is 10.8. The maximum Gasteiger partial charge on any atom is 1.00 e. The first-order chi connectivity index (χ1) is 18.2. The molecule has 1 aliphatic heterocycles. The summed E-state index contributed by atoms with van der Waals surface area (Å²) in [6.45, 7) is 0. The molecule has 0 unspecified atom stereocenters. The van der Waals surface area contributed by atoms with Crippen molar-refractivity contribution >= 4 is 48.8 Å². The Morgan fingerprint density at radius 1 is 0.875 bits per heavy atom. The van der Waals surface area contributed by atoms with Gasteiger partial charge in [-0.25, -0.2) is 5.01 Å². The fourth-order valence-electron chi connectivity index (χ4n) is 3.50. The van der Waals surface area contributed by atoms with Crippen LogP contribution in [-0.2, 0) is 20.2 Å². The topological polar surface area (TPSA) is 235 Å². The van der Waals surface area contributed by atoms with E-state index in [9.17, 15) is 46.2 Å². The number of nitro groups is 2. The number of hydrazine groups is 2. The second kappa shape index (κ2) is 11.4. The number of nitrogens with zero attached hydrogens (tertiary/aromatic N) is 5. The molecule has 3 aromatic carbocycles. The average Bonchev–Trinajstić information content (AvgIpc) is 3.32. The van der Waals surface area contributed by atoms with E-state index < -0.39 is 39.9 Å². The Bertz CT molecular complexity index is 1750. The molecule has 3 N–H and O–H groups in total. The molecule has 4 rings (SSSR count). The minimum atomic E-state index is -5.12. The number of amidine groups is 1. The molecule has 0 bridgehead atoms. The van der Waals surface area contributed by atoms with Crippen LogP contribution >= 0.6 is 0 Å². The molecule has 1 aliphatic rings. The molecule has 17 nitrogen and oxygen atoms in total. The summed E-state index contributed by atoms with van der Waals surface area (Å²) in [5.74, 6) is -0.354. The van der Waals surface area contributed by atoms with Crippen molar-refractivity contribution in [3.05, 3.63) is 86.5 Å². The van der Waals surface area contributed by atoms with Crippen LogP contribution in [0, 0.1) is 20.2 Å². The Morgan fingerprint density at radius 3 is 2.00 bits per heavy atom. The number of hydrogen-bond donors (Lipinski definition) is 3. The van der Waals surface area contributed by atoms with Gasteiger partial charge in [0.15, 0.2) is 11.6 Å². The monoisotopic (exact) mass is 603 g/mol. The van der Waals surface area contributed by atoms with Crippen molar-refractivity contribution in [2.24, 2.45) is 5.10 Å². The SMILES string of the molecule is COc1cc([N+](=O)[O-])ccc1N1NN(c2ccc([N+](=O)[O-])cc2)N=C1c1ccc(S(=O)(=O)O)cc1S(=O)(=O)O.[Na+]. The molecule has 0 amide bonds. The second-order valence-corrected chi connectivity index (χ2v) is 10.5. The molecule has 40 heavy (non-hydrogen) atoms. The van der Waals surface area contributed by atoms with Crippen LogP contribution in [0.2, 0.25) is 0 Å². The summed E-state index contributed by atoms with van der Waals surface area (Å²) in [5.41, 5.74) is 2.11. The van der Waals surface area contributed by atoms with E-state index in [0.717, 1.165) is 34.4 Å². The van der Waals surface area contributed by atoms with Gasteiger partial charge in [-0.1, -0.05) is 0 Å². The van der Waals surface area contributed by atoms with E-state index in [1.54, 1.807) is 0 Å². The van der Waals surface area contributed by atoms with Gasteiger partial charge in [-0.3, -0.25) is 29.3 Å². The van der Waals surface area contributed by atoms with Crippen LogP contribution in [0.5, 0.6) is 5.75 Å². The Morgan fingerprint density at radius 2 is 1.48 bits per heavy atom. The van der Waals surface area contributed by atoms with E-state index >= 15 is 0 Å². The Kier molecular flexibility index (Phi) is 8.81. The molecular formula is C20H16N6NaO11S2+. The Balaban J connectivity index is 0.00000441. The number of methoxy groups -OCH3 is 1. The van der Waals surface area contributed by atoms with Gasteiger partial charge in [0.1, 0.15) is 10.6 Å². The third-order valence-electron chi connectivity index (χ3n) is 5.29. The van der Waals surface area contributed by atoms with Gasteiger partial charge in [0.2, 0.25) is 0 Å². The standard InChI is InChI=1S/C20H16N6O11S2.Na/c1-37-18-10-14(26(29)30)6-9-17(18)23-20(21-24(22-23)12-2-4-13(5-3-12)25(27)28)16-8-7-15(38(31,32)33)11-19(16)39(34,35)36;/h2-11,22H,1H3,(H,31,32,33)(H,34,35,36);/q;+1. The van der Waals surface area contributed by atoms with E-state index in [2.05, 4.69) is 10.6 Å². The summed E-state index contributed by atoms with van der Waals surface area (Å²) >= 11 is 0. The molecule has 0 saturated carbocycles. The van der Waals surface area contributed by atoms with Crippen molar-refractivity contribution in [2.45, 2.75) is 9.79 Å². The van der Waals surface area contributed by atoms with Gasteiger partial charge >= 0.3 is 29.6 Å². The number of nitrogens with one attached hydrogen (secondary N) is 1. The van der Waals surface area contributed by atoms with E-state index in [-0.39, 0.29) is 69.5 Å². The summed E-state index contributed by atoms with van der Waals surface area (Å²) < 4.78 is 72.2. The fourth-order valence-corrected chi connectivity index (χ4v) is 4.80. The van der Waals surface area contributed by atoms with Gasteiger partial charge in [0.05, 0.1) is 33.6 Å². The smallest absolute Gasteiger partial charge is 0.494 e. The first-order valence-electron chi connectivity index (χ1n) is 10.3. The summed E-state index contributed by atoms with van der Waals surface area (Å²) in [7, 11) is -8.77. The van der Waals surface area contributed by atoms with Gasteiger partial charge in [-0.2, -0.15) is 22.0 Å². The van der Waals surface area contributed by atoms with E-state index in [0.29, 0.717) is 6.07 Å². The van der Waals surface area contributed by atoms with Crippen LogP contribution in [0.25, 0.3) is 0 Å². The number of benzene rings is 3. The predicted octanol–water partition coefficient (Wildman–Crippen LogP) is -0.883. The molecule has 0 saturated heterocycles. The number of non-ortho nitro benzene ring substituents is 2. The number of ether oxygens (including phenoxy) is 1. The van der Waals surface area contributed by atoms with Crippen molar-refractivity contribution in [2.75, 3.05) is 17.2 Å². The van der Waals surface area contributed by atoms with Crippen LogP contribution < -0.4 is 50.0 Å². The minimum Gasteiger partial charge on any atom is -0.494 e. The third kappa shape index (κ3) is 6.21. The Labute approximate surface area is 247 Å². The number of rotatable bonds is 8. The number of nitro benzene ring substituents is 2. The van der Waals surface area contributed by atoms with Crippen molar-refractivity contribution in [1.82, 2.24) is 5.53 Å². The fraction of sp³-hybridized carbons (Fsp3) is 0.0500. The minimum absolute atomic E-state index is 0. The molecule has 0 fully saturated rings. The summed E-state index contributed by atoms with van der Waals surface area (Å²) in [6.07, 6.45) is 0. The Hall–Kier alpha value is -3.69. The zero-order valence-corrected chi connectivity index (χ0v) is 24.0. The van der Waals surface area contributed by atoms with Crippen LogP contribution in [0.4, 0.5) is 22.7 Å². The average molecular weight is 604 g/mol. The van der Waals surface area contributed by atoms with Crippen molar-refractivity contribution in [3.63, 3.8) is 0 Å². The molecule has 0 atom stereocenters. The van der Waals surface area contributed by atoms with Gasteiger partial charge < -0.3 is 4.74 Å². The van der Waals surface area contributed by atoms with Gasteiger partial charge in [0.25, 0.3) is 31.6 Å². The zero-order chi connectivity index (χ0) is 28.7. The first kappa shape index (κ1) is 30.8. The molecule has 0 aromatic heterocycles. The van der Waals surface area contributed by atoms with Crippen LogP contribution in [-0.4, -0.2) is 48.7 Å². The largest absolute Gasteiger partial charge is 1.00 e. The molecular weight excluding hydrogens is 587 g/mol. The molecule has 20 heteroatoms. The van der Waals surface area contributed by atoms with E-state index in [1.165, 1.54) is 37.4 Å². The van der Waals surface area contributed by atoms with Crippen molar-refractivity contribution < 1.29 is 70.1 Å².